The number of imide groups is 2. The van der Waals surface area contributed by atoms with E-state index in [0.717, 1.165) is 22.6 Å². The molecule has 0 aliphatic carbocycles. The van der Waals surface area contributed by atoms with Crippen LogP contribution in [-0.4, -0.2) is 23.9 Å². The highest BCUT2D eigenvalue weighted by Crippen LogP contribution is 2.31. The lowest BCUT2D eigenvalue weighted by Crippen LogP contribution is -2.54. The molecule has 2 aromatic rings. The molecule has 2 aliphatic rings. The highest BCUT2D eigenvalue weighted by atomic mass is 35.5. The number of benzene rings is 2. The van der Waals surface area contributed by atoms with Crippen molar-refractivity contribution in [2.24, 2.45) is 0 Å². The molecule has 2 aliphatic heterocycles. The summed E-state index contributed by atoms with van der Waals surface area (Å²) in [5, 5.41) is 2.66. The summed E-state index contributed by atoms with van der Waals surface area (Å²) in [6, 6.07) is 8.92. The first kappa shape index (κ1) is 18.5. The van der Waals surface area contributed by atoms with E-state index in [1.54, 1.807) is 12.1 Å². The Morgan fingerprint density at radius 2 is 1.89 bits per heavy atom. The average Bonchev–Trinajstić information content (AvgIpc) is 3.00. The third-order valence-electron chi connectivity index (χ3n) is 4.49. The molecule has 1 N–H and O–H groups in total. The van der Waals surface area contributed by atoms with Gasteiger partial charge in [0.25, 0.3) is 11.8 Å². The Morgan fingerprint density at radius 1 is 1.11 bits per heavy atom. The Balaban J connectivity index is 1.71. The number of nitrogens with zero attached hydrogens (tertiary/aromatic N) is 1. The molecule has 0 aromatic heterocycles. The summed E-state index contributed by atoms with van der Waals surface area (Å²) >= 11 is 11.9. The van der Waals surface area contributed by atoms with Crippen molar-refractivity contribution in [2.45, 2.75) is 19.4 Å². The number of hydrogen-bond donors (Lipinski definition) is 1. The monoisotopic (exact) mass is 416 g/mol. The third-order valence-corrected chi connectivity index (χ3v) is 5.23. The van der Waals surface area contributed by atoms with Gasteiger partial charge in [-0.15, -0.1) is 0 Å². The standard InChI is InChI=1S/C20H14Cl2N2O4/c1-10-6-12-7-11(2-5-17(12)28-10)8-14-18(25)23-20(27)24(19(14)26)13-3-4-15(21)16(22)9-13/h2-5,7-10H,6H2,1H3,(H,23,25,27)/b14-8-/t10-/m1/s1. The second kappa shape index (κ2) is 6.96. The summed E-state index contributed by atoms with van der Waals surface area (Å²) in [6.07, 6.45) is 2.29. The van der Waals surface area contributed by atoms with Gasteiger partial charge in [0.2, 0.25) is 0 Å². The van der Waals surface area contributed by atoms with Crippen LogP contribution in [0.2, 0.25) is 10.0 Å². The van der Waals surface area contributed by atoms with Gasteiger partial charge >= 0.3 is 6.03 Å². The zero-order chi connectivity index (χ0) is 20.0. The van der Waals surface area contributed by atoms with Crippen LogP contribution in [0.5, 0.6) is 5.75 Å². The second-order valence-electron chi connectivity index (χ2n) is 6.56. The number of amides is 4. The van der Waals surface area contributed by atoms with Gasteiger partial charge in [-0.1, -0.05) is 29.3 Å². The highest BCUT2D eigenvalue weighted by Gasteiger charge is 2.37. The van der Waals surface area contributed by atoms with Crippen LogP contribution in [0.15, 0.2) is 42.0 Å². The Hall–Kier alpha value is -2.83. The molecule has 6 nitrogen and oxygen atoms in total. The average molecular weight is 417 g/mol. The molecule has 4 rings (SSSR count). The molecule has 4 amide bonds. The van der Waals surface area contributed by atoms with Gasteiger partial charge in [-0.25, -0.2) is 9.69 Å². The number of anilines is 1. The molecule has 28 heavy (non-hydrogen) atoms. The van der Waals surface area contributed by atoms with Crippen molar-refractivity contribution in [1.29, 1.82) is 0 Å². The predicted octanol–water partition coefficient (Wildman–Crippen LogP) is 3.98. The summed E-state index contributed by atoms with van der Waals surface area (Å²) in [5.41, 5.74) is 1.73. The SMILES string of the molecule is C[C@@H]1Cc2cc(/C=C3/C(=O)NC(=O)N(c4ccc(Cl)c(Cl)c4)C3=O)ccc2O1. The predicted molar refractivity (Wildman–Crippen MR) is 106 cm³/mol. The van der Waals surface area contributed by atoms with Crippen molar-refractivity contribution in [1.82, 2.24) is 5.32 Å². The minimum absolute atomic E-state index is 0.0836. The minimum Gasteiger partial charge on any atom is -0.490 e. The van der Waals surface area contributed by atoms with Gasteiger partial charge in [0, 0.05) is 6.42 Å². The zero-order valence-electron chi connectivity index (χ0n) is 14.7. The number of hydrogen-bond acceptors (Lipinski definition) is 4. The fourth-order valence-corrected chi connectivity index (χ4v) is 3.51. The quantitative estimate of drug-likeness (QED) is 0.593. The van der Waals surface area contributed by atoms with E-state index in [2.05, 4.69) is 5.32 Å². The lowest BCUT2D eigenvalue weighted by Gasteiger charge is -2.26. The number of halogens is 2. The minimum atomic E-state index is -0.846. The van der Waals surface area contributed by atoms with Crippen LogP contribution in [0.3, 0.4) is 0 Å². The van der Waals surface area contributed by atoms with Gasteiger partial charge in [-0.3, -0.25) is 14.9 Å². The van der Waals surface area contributed by atoms with Crippen LogP contribution in [-0.2, 0) is 16.0 Å². The molecule has 2 heterocycles. The Morgan fingerprint density at radius 3 is 2.64 bits per heavy atom. The molecular weight excluding hydrogens is 403 g/mol. The van der Waals surface area contributed by atoms with Crippen molar-refractivity contribution in [2.75, 3.05) is 4.90 Å². The topological polar surface area (TPSA) is 75.7 Å². The van der Waals surface area contributed by atoms with Crippen LogP contribution in [0.1, 0.15) is 18.1 Å². The van der Waals surface area contributed by atoms with Gasteiger partial charge in [-0.2, -0.15) is 0 Å². The largest absolute Gasteiger partial charge is 0.490 e. The number of ether oxygens (including phenoxy) is 1. The first-order valence-electron chi connectivity index (χ1n) is 8.49. The summed E-state index contributed by atoms with van der Waals surface area (Å²) in [6.45, 7) is 1.97. The van der Waals surface area contributed by atoms with Gasteiger partial charge < -0.3 is 4.74 Å². The van der Waals surface area contributed by atoms with E-state index in [1.807, 2.05) is 13.0 Å². The number of barbiturate groups is 1. The number of carbonyl (C=O) groups is 3. The molecule has 0 saturated carbocycles. The fraction of sp³-hybridized carbons (Fsp3) is 0.150. The lowest BCUT2D eigenvalue weighted by atomic mass is 10.0. The van der Waals surface area contributed by atoms with Crippen LogP contribution in [0.25, 0.3) is 6.08 Å². The summed E-state index contributed by atoms with van der Waals surface area (Å²) in [4.78, 5) is 38.3. The number of nitrogens with one attached hydrogen (secondary N) is 1. The molecule has 1 saturated heterocycles. The molecule has 1 fully saturated rings. The first-order valence-corrected chi connectivity index (χ1v) is 9.25. The van der Waals surface area contributed by atoms with Crippen molar-refractivity contribution in [3.63, 3.8) is 0 Å². The Bertz CT molecular complexity index is 1060. The number of rotatable bonds is 2. The van der Waals surface area contributed by atoms with Gasteiger partial charge in [-0.05, 0) is 54.5 Å². The van der Waals surface area contributed by atoms with E-state index in [4.69, 9.17) is 27.9 Å². The highest BCUT2D eigenvalue weighted by molar-refractivity contribution is 6.43. The van der Waals surface area contributed by atoms with Crippen molar-refractivity contribution in [3.8, 4) is 5.75 Å². The van der Waals surface area contributed by atoms with E-state index in [1.165, 1.54) is 24.3 Å². The van der Waals surface area contributed by atoms with E-state index in [-0.39, 0.29) is 27.4 Å². The molecule has 0 radical (unpaired) electrons. The zero-order valence-corrected chi connectivity index (χ0v) is 16.2. The van der Waals surface area contributed by atoms with Crippen molar-refractivity contribution < 1.29 is 19.1 Å². The Kier molecular flexibility index (Phi) is 4.61. The number of urea groups is 1. The lowest BCUT2D eigenvalue weighted by molar-refractivity contribution is -0.122. The van der Waals surface area contributed by atoms with Gasteiger partial charge in [0.1, 0.15) is 17.4 Å². The second-order valence-corrected chi connectivity index (χ2v) is 7.37. The molecule has 0 bridgehead atoms. The normalized spacial score (nSPS) is 20.2. The van der Waals surface area contributed by atoms with Crippen LogP contribution >= 0.6 is 23.2 Å². The molecule has 8 heteroatoms. The fourth-order valence-electron chi connectivity index (χ4n) is 3.21. The first-order chi connectivity index (χ1) is 13.3. The molecule has 0 unspecified atom stereocenters. The van der Waals surface area contributed by atoms with Gasteiger partial charge in [0.05, 0.1) is 15.7 Å². The van der Waals surface area contributed by atoms with Crippen molar-refractivity contribution in [3.05, 3.63) is 63.1 Å². The molecular formula is C20H14Cl2N2O4. The van der Waals surface area contributed by atoms with E-state index in [0.29, 0.717) is 5.56 Å². The third kappa shape index (κ3) is 3.25. The van der Waals surface area contributed by atoms with Gasteiger partial charge in [0.15, 0.2) is 0 Å². The van der Waals surface area contributed by atoms with E-state index >= 15 is 0 Å². The number of carbonyl (C=O) groups excluding carboxylic acids is 3. The summed E-state index contributed by atoms with van der Waals surface area (Å²) in [5.74, 6) is -0.699. The van der Waals surface area contributed by atoms with Crippen LogP contribution in [0.4, 0.5) is 10.5 Å². The van der Waals surface area contributed by atoms with Crippen molar-refractivity contribution >= 4 is 52.8 Å². The van der Waals surface area contributed by atoms with E-state index in [9.17, 15) is 14.4 Å². The summed E-state index contributed by atoms with van der Waals surface area (Å²) in [7, 11) is 0. The maximum atomic E-state index is 12.9. The summed E-state index contributed by atoms with van der Waals surface area (Å²) < 4.78 is 5.66. The van der Waals surface area contributed by atoms with Crippen LogP contribution in [0, 0.1) is 0 Å². The molecule has 0 spiro atoms. The molecule has 142 valence electrons. The maximum absolute atomic E-state index is 12.9. The number of fused-ring (bicyclic) bond motifs is 1. The maximum Gasteiger partial charge on any atom is 0.335 e. The molecule has 2 aromatic carbocycles. The van der Waals surface area contributed by atoms with E-state index < -0.39 is 17.8 Å². The smallest absolute Gasteiger partial charge is 0.335 e. The van der Waals surface area contributed by atoms with Crippen LogP contribution < -0.4 is 15.0 Å². The molecule has 1 atom stereocenters. The Labute approximate surface area is 170 Å².